The minimum atomic E-state index is 0.190. The molecule has 0 N–H and O–H groups in total. The van der Waals surface area contributed by atoms with E-state index in [0.29, 0.717) is 0 Å². The molecular weight excluding hydrogens is 428 g/mol. The Balaban J connectivity index is 2.94. The van der Waals surface area contributed by atoms with Gasteiger partial charge in [-0.15, -0.1) is 0 Å². The number of rotatable bonds is 7. The number of halogens is 3. The fourth-order valence-electron chi connectivity index (χ4n) is 1.89. The van der Waals surface area contributed by atoms with Crippen LogP contribution in [0, 0.1) is 0 Å². The van der Waals surface area contributed by atoms with E-state index in [1.807, 2.05) is 11.8 Å². The van der Waals surface area contributed by atoms with Gasteiger partial charge in [-0.3, -0.25) is 0 Å². The summed E-state index contributed by atoms with van der Waals surface area (Å²) < 4.78 is 1.21. The molecule has 0 heterocycles. The number of hydrogen-bond acceptors (Lipinski definition) is 1. The first-order chi connectivity index (χ1) is 8.20. The molecule has 0 saturated heterocycles. The van der Waals surface area contributed by atoms with Crippen molar-refractivity contribution < 1.29 is 0 Å². The van der Waals surface area contributed by atoms with Gasteiger partial charge < -0.3 is 0 Å². The molecule has 0 atom stereocenters. The van der Waals surface area contributed by atoms with Crippen LogP contribution in [-0.2, 0) is 5.41 Å². The normalized spacial score (nSPS) is 11.8. The molecule has 0 spiro atoms. The van der Waals surface area contributed by atoms with E-state index in [-0.39, 0.29) is 5.41 Å². The molecule has 0 saturated carbocycles. The van der Waals surface area contributed by atoms with Crippen LogP contribution in [0.2, 0.25) is 0 Å². The lowest BCUT2D eigenvalue weighted by Gasteiger charge is -2.31. The molecule has 0 aliphatic rings. The predicted octanol–water partition coefficient (Wildman–Crippen LogP) is 5.62. The molecule has 96 valence electrons. The number of alkyl halides is 2. The van der Waals surface area contributed by atoms with Crippen LogP contribution < -0.4 is 0 Å². The molecule has 0 amide bonds. The molecule has 0 nitrogen and oxygen atoms in total. The van der Waals surface area contributed by atoms with Crippen molar-refractivity contribution in [3.8, 4) is 0 Å². The molecular formula is C13H17Br3S. The SMILES string of the molecule is CSCCCC(CBr)(CBr)c1ccccc1Br. The average Bonchev–Trinajstić information content (AvgIpc) is 2.36. The Morgan fingerprint density at radius 2 is 1.82 bits per heavy atom. The Morgan fingerprint density at radius 1 is 1.18 bits per heavy atom. The highest BCUT2D eigenvalue weighted by Gasteiger charge is 2.31. The van der Waals surface area contributed by atoms with E-state index in [1.165, 1.54) is 28.6 Å². The van der Waals surface area contributed by atoms with Crippen LogP contribution in [0.25, 0.3) is 0 Å². The topological polar surface area (TPSA) is 0 Å². The number of thioether (sulfide) groups is 1. The molecule has 1 aromatic rings. The minimum absolute atomic E-state index is 0.190. The summed E-state index contributed by atoms with van der Waals surface area (Å²) in [5.74, 6) is 1.23. The van der Waals surface area contributed by atoms with Crippen molar-refractivity contribution in [3.05, 3.63) is 34.3 Å². The van der Waals surface area contributed by atoms with Gasteiger partial charge in [0, 0.05) is 20.5 Å². The summed E-state index contributed by atoms with van der Waals surface area (Å²) in [6.45, 7) is 0. The molecule has 1 rings (SSSR count). The van der Waals surface area contributed by atoms with Crippen molar-refractivity contribution in [2.75, 3.05) is 22.7 Å². The first-order valence-electron chi connectivity index (χ1n) is 5.56. The highest BCUT2D eigenvalue weighted by Crippen LogP contribution is 2.37. The average molecular weight is 445 g/mol. The van der Waals surface area contributed by atoms with Gasteiger partial charge in [-0.25, -0.2) is 0 Å². The molecule has 1 aromatic carbocycles. The Morgan fingerprint density at radius 3 is 2.35 bits per heavy atom. The second-order valence-electron chi connectivity index (χ2n) is 4.12. The summed E-state index contributed by atoms with van der Waals surface area (Å²) in [6.07, 6.45) is 4.62. The summed E-state index contributed by atoms with van der Waals surface area (Å²) in [5.41, 5.74) is 1.59. The third-order valence-electron chi connectivity index (χ3n) is 2.96. The molecule has 0 aromatic heterocycles. The summed E-state index contributed by atoms with van der Waals surface area (Å²) in [6, 6.07) is 8.55. The van der Waals surface area contributed by atoms with E-state index in [4.69, 9.17) is 0 Å². The second kappa shape index (κ2) is 8.23. The second-order valence-corrected chi connectivity index (χ2v) is 7.09. The Bertz CT molecular complexity index is 337. The molecule has 17 heavy (non-hydrogen) atoms. The zero-order valence-corrected chi connectivity index (χ0v) is 15.5. The van der Waals surface area contributed by atoms with Crippen LogP contribution in [0.3, 0.4) is 0 Å². The standard InChI is InChI=1S/C13H17Br3S/c1-17-8-4-7-13(9-14,10-15)11-5-2-3-6-12(11)16/h2-3,5-6H,4,7-10H2,1H3. The van der Waals surface area contributed by atoms with Gasteiger partial charge in [-0.1, -0.05) is 66.0 Å². The van der Waals surface area contributed by atoms with Crippen molar-refractivity contribution >= 4 is 59.6 Å². The van der Waals surface area contributed by atoms with Crippen molar-refractivity contribution in [2.45, 2.75) is 18.3 Å². The summed E-state index contributed by atoms with van der Waals surface area (Å²) >= 11 is 13.0. The van der Waals surface area contributed by atoms with Gasteiger partial charge in [0.15, 0.2) is 0 Å². The summed E-state index contributed by atoms with van der Waals surface area (Å²) in [5, 5.41) is 1.98. The Labute approximate surface area is 134 Å². The van der Waals surface area contributed by atoms with E-state index >= 15 is 0 Å². The van der Waals surface area contributed by atoms with Gasteiger partial charge in [-0.05, 0) is 36.5 Å². The maximum Gasteiger partial charge on any atom is 0.0213 e. The monoisotopic (exact) mass is 442 g/mol. The third-order valence-corrected chi connectivity index (χ3v) is 6.50. The van der Waals surface area contributed by atoms with E-state index in [9.17, 15) is 0 Å². The smallest absolute Gasteiger partial charge is 0.0213 e. The molecule has 0 aliphatic carbocycles. The third kappa shape index (κ3) is 4.26. The Kier molecular flexibility index (Phi) is 7.78. The van der Waals surface area contributed by atoms with E-state index < -0.39 is 0 Å². The molecule has 0 unspecified atom stereocenters. The van der Waals surface area contributed by atoms with Gasteiger partial charge in [0.05, 0.1) is 0 Å². The highest BCUT2D eigenvalue weighted by molar-refractivity contribution is 9.10. The largest absolute Gasteiger partial charge is 0.165 e. The first kappa shape index (κ1) is 16.1. The van der Waals surface area contributed by atoms with Crippen molar-refractivity contribution in [1.82, 2.24) is 0 Å². The van der Waals surface area contributed by atoms with E-state index in [0.717, 1.165) is 10.7 Å². The van der Waals surface area contributed by atoms with Crippen LogP contribution >= 0.6 is 59.6 Å². The summed E-state index contributed by atoms with van der Waals surface area (Å²) in [4.78, 5) is 0. The lowest BCUT2D eigenvalue weighted by Crippen LogP contribution is -2.30. The fourth-order valence-corrected chi connectivity index (χ4v) is 5.13. The highest BCUT2D eigenvalue weighted by atomic mass is 79.9. The first-order valence-corrected chi connectivity index (χ1v) is 9.99. The number of hydrogen-bond donors (Lipinski definition) is 0. The maximum absolute atomic E-state index is 3.70. The molecule has 4 heteroatoms. The van der Waals surface area contributed by atoms with Crippen LogP contribution in [0.1, 0.15) is 18.4 Å². The van der Waals surface area contributed by atoms with Gasteiger partial charge >= 0.3 is 0 Å². The maximum atomic E-state index is 3.70. The molecule has 0 aliphatic heterocycles. The van der Waals surface area contributed by atoms with Gasteiger partial charge in [0.2, 0.25) is 0 Å². The summed E-state index contributed by atoms with van der Waals surface area (Å²) in [7, 11) is 0. The van der Waals surface area contributed by atoms with Gasteiger partial charge in [0.25, 0.3) is 0 Å². The van der Waals surface area contributed by atoms with Crippen LogP contribution in [-0.4, -0.2) is 22.7 Å². The van der Waals surface area contributed by atoms with Gasteiger partial charge in [0.1, 0.15) is 0 Å². The predicted molar refractivity (Wildman–Crippen MR) is 91.0 cm³/mol. The van der Waals surface area contributed by atoms with Crippen molar-refractivity contribution in [1.29, 1.82) is 0 Å². The lowest BCUT2D eigenvalue weighted by atomic mass is 9.80. The molecule has 0 bridgehead atoms. The number of benzene rings is 1. The quantitative estimate of drug-likeness (QED) is 0.388. The lowest BCUT2D eigenvalue weighted by molar-refractivity contribution is 0.497. The van der Waals surface area contributed by atoms with Crippen LogP contribution in [0.15, 0.2) is 28.7 Å². The zero-order valence-electron chi connectivity index (χ0n) is 9.89. The molecule has 0 radical (unpaired) electrons. The van der Waals surface area contributed by atoms with Crippen LogP contribution in [0.4, 0.5) is 0 Å². The minimum Gasteiger partial charge on any atom is -0.165 e. The van der Waals surface area contributed by atoms with Gasteiger partial charge in [-0.2, -0.15) is 11.8 Å². The van der Waals surface area contributed by atoms with E-state index in [1.54, 1.807) is 0 Å². The molecule has 0 fully saturated rings. The van der Waals surface area contributed by atoms with Crippen LogP contribution in [0.5, 0.6) is 0 Å². The fraction of sp³-hybridized carbons (Fsp3) is 0.538. The Hall–Kier alpha value is 1.01. The van der Waals surface area contributed by atoms with E-state index in [2.05, 4.69) is 78.3 Å². The van der Waals surface area contributed by atoms with Crippen molar-refractivity contribution in [3.63, 3.8) is 0 Å². The van der Waals surface area contributed by atoms with Crippen molar-refractivity contribution in [2.24, 2.45) is 0 Å². The zero-order chi connectivity index (χ0) is 12.7.